The Balaban J connectivity index is 2.46. The van der Waals surface area contributed by atoms with E-state index in [1.165, 1.54) is 0 Å². The molecule has 1 amide bonds. The molecule has 1 heterocycles. The van der Waals surface area contributed by atoms with Gasteiger partial charge in [-0.1, -0.05) is 22.0 Å². The first-order valence-corrected chi connectivity index (χ1v) is 5.13. The number of hydrogen-bond acceptors (Lipinski definition) is 3. The molecule has 0 aliphatic heterocycles. The van der Waals surface area contributed by atoms with Crippen LogP contribution in [0.25, 0.3) is 0 Å². The summed E-state index contributed by atoms with van der Waals surface area (Å²) in [4.78, 5) is 26.0. The number of ketones is 1. The van der Waals surface area contributed by atoms with Crippen molar-refractivity contribution < 1.29 is 9.59 Å². The molecule has 1 N–H and O–H groups in total. The van der Waals surface area contributed by atoms with E-state index in [1.54, 1.807) is 24.4 Å². The number of aromatic nitrogens is 1. The van der Waals surface area contributed by atoms with Crippen molar-refractivity contribution in [3.8, 4) is 0 Å². The number of amides is 1. The van der Waals surface area contributed by atoms with Crippen molar-refractivity contribution in [2.24, 2.45) is 0 Å². The first kappa shape index (κ1) is 10.8. The molecular formula is C9H9BrN2O2. The quantitative estimate of drug-likeness (QED) is 0.654. The van der Waals surface area contributed by atoms with Gasteiger partial charge in [0, 0.05) is 6.20 Å². The lowest BCUT2D eigenvalue weighted by atomic mass is 10.3. The van der Waals surface area contributed by atoms with Gasteiger partial charge in [0.25, 0.3) is 0 Å². The highest BCUT2D eigenvalue weighted by Crippen LogP contribution is 2.01. The van der Waals surface area contributed by atoms with Crippen molar-refractivity contribution >= 4 is 33.4 Å². The molecule has 0 radical (unpaired) electrons. The van der Waals surface area contributed by atoms with Gasteiger partial charge in [0.1, 0.15) is 5.82 Å². The Morgan fingerprint density at radius 2 is 2.21 bits per heavy atom. The second-order valence-corrected chi connectivity index (χ2v) is 3.17. The van der Waals surface area contributed by atoms with Gasteiger partial charge in [0.15, 0.2) is 5.78 Å². The molecule has 1 rings (SSSR count). The van der Waals surface area contributed by atoms with E-state index in [0.717, 1.165) is 0 Å². The Morgan fingerprint density at radius 1 is 1.43 bits per heavy atom. The van der Waals surface area contributed by atoms with E-state index in [2.05, 4.69) is 26.2 Å². The van der Waals surface area contributed by atoms with Crippen LogP contribution in [-0.4, -0.2) is 22.0 Å². The van der Waals surface area contributed by atoms with Crippen molar-refractivity contribution in [2.45, 2.75) is 6.42 Å². The standard InChI is InChI=1S/C9H9BrN2O2/c10-6-7(13)5-9(14)12-8-3-1-2-4-11-8/h1-4H,5-6H2,(H,11,12,14). The zero-order valence-corrected chi connectivity index (χ0v) is 8.95. The molecule has 14 heavy (non-hydrogen) atoms. The maximum atomic E-state index is 11.2. The third-order valence-corrected chi connectivity index (χ3v) is 2.06. The molecule has 0 bridgehead atoms. The smallest absolute Gasteiger partial charge is 0.233 e. The highest BCUT2D eigenvalue weighted by molar-refractivity contribution is 9.09. The van der Waals surface area contributed by atoms with Crippen LogP contribution < -0.4 is 5.32 Å². The van der Waals surface area contributed by atoms with Crippen LogP contribution >= 0.6 is 15.9 Å². The van der Waals surface area contributed by atoms with E-state index in [4.69, 9.17) is 0 Å². The first-order chi connectivity index (χ1) is 6.72. The fourth-order valence-electron chi connectivity index (χ4n) is 0.850. The average molecular weight is 257 g/mol. The average Bonchev–Trinajstić information content (AvgIpc) is 2.19. The van der Waals surface area contributed by atoms with Crippen LogP contribution in [0.2, 0.25) is 0 Å². The third-order valence-electron chi connectivity index (χ3n) is 1.44. The Morgan fingerprint density at radius 3 is 2.79 bits per heavy atom. The molecule has 0 spiro atoms. The zero-order chi connectivity index (χ0) is 10.4. The maximum Gasteiger partial charge on any atom is 0.233 e. The number of Topliss-reactive ketones (excluding diaryl/α,β-unsaturated/α-hetero) is 1. The minimum atomic E-state index is -0.340. The van der Waals surface area contributed by atoms with E-state index in [-0.39, 0.29) is 23.4 Å². The lowest BCUT2D eigenvalue weighted by molar-refractivity contribution is -0.123. The lowest BCUT2D eigenvalue weighted by Crippen LogP contribution is -2.17. The van der Waals surface area contributed by atoms with Crippen LogP contribution in [0.15, 0.2) is 24.4 Å². The summed E-state index contributed by atoms with van der Waals surface area (Å²) in [6.07, 6.45) is 1.45. The molecule has 0 unspecified atom stereocenters. The number of halogens is 1. The number of anilines is 1. The molecule has 0 aromatic carbocycles. The lowest BCUT2D eigenvalue weighted by Gasteiger charge is -2.01. The summed E-state index contributed by atoms with van der Waals surface area (Å²) in [6.45, 7) is 0. The number of alkyl halides is 1. The topological polar surface area (TPSA) is 59.1 Å². The van der Waals surface area contributed by atoms with Crippen LogP contribution in [0.1, 0.15) is 6.42 Å². The van der Waals surface area contributed by atoms with Gasteiger partial charge in [0.05, 0.1) is 11.8 Å². The van der Waals surface area contributed by atoms with Crippen molar-refractivity contribution in [1.82, 2.24) is 4.98 Å². The predicted octanol–water partition coefficient (Wildman–Crippen LogP) is 1.37. The molecule has 74 valence electrons. The van der Waals surface area contributed by atoms with E-state index in [1.807, 2.05) is 0 Å². The number of rotatable bonds is 4. The summed E-state index contributed by atoms with van der Waals surface area (Å²) < 4.78 is 0. The largest absolute Gasteiger partial charge is 0.310 e. The van der Waals surface area contributed by atoms with E-state index in [9.17, 15) is 9.59 Å². The van der Waals surface area contributed by atoms with Crippen LogP contribution in [0.3, 0.4) is 0 Å². The summed E-state index contributed by atoms with van der Waals surface area (Å²) in [5, 5.41) is 2.71. The minimum absolute atomic E-state index is 0.123. The Kier molecular flexibility index (Phi) is 4.25. The van der Waals surface area contributed by atoms with Crippen LogP contribution in [0, 0.1) is 0 Å². The molecule has 1 aromatic rings. The van der Waals surface area contributed by atoms with Crippen molar-refractivity contribution in [2.75, 3.05) is 10.6 Å². The number of pyridine rings is 1. The summed E-state index contributed by atoms with van der Waals surface area (Å²) in [7, 11) is 0. The second-order valence-electron chi connectivity index (χ2n) is 2.61. The molecule has 0 saturated heterocycles. The zero-order valence-electron chi connectivity index (χ0n) is 7.37. The summed E-state index contributed by atoms with van der Waals surface area (Å²) in [6, 6.07) is 5.17. The summed E-state index contributed by atoms with van der Waals surface area (Å²) >= 11 is 2.98. The highest BCUT2D eigenvalue weighted by atomic mass is 79.9. The van der Waals surface area contributed by atoms with E-state index >= 15 is 0 Å². The molecule has 5 heteroatoms. The second kappa shape index (κ2) is 5.49. The normalized spacial score (nSPS) is 9.50. The number of nitrogens with zero attached hydrogens (tertiary/aromatic N) is 1. The van der Waals surface area contributed by atoms with Gasteiger partial charge in [-0.25, -0.2) is 4.98 Å². The van der Waals surface area contributed by atoms with E-state index in [0.29, 0.717) is 5.82 Å². The van der Waals surface area contributed by atoms with Gasteiger partial charge in [-0.05, 0) is 12.1 Å². The molecule has 0 saturated carbocycles. The molecule has 1 aromatic heterocycles. The minimum Gasteiger partial charge on any atom is -0.310 e. The Bertz CT molecular complexity index is 327. The number of carbonyl (C=O) groups excluding carboxylic acids is 2. The predicted molar refractivity (Wildman–Crippen MR) is 56.3 cm³/mol. The number of carbonyl (C=O) groups is 2. The fourth-order valence-corrected chi connectivity index (χ4v) is 1.05. The fraction of sp³-hybridized carbons (Fsp3) is 0.222. The van der Waals surface area contributed by atoms with Gasteiger partial charge in [0.2, 0.25) is 5.91 Å². The number of nitrogens with one attached hydrogen (secondary N) is 1. The summed E-state index contributed by atoms with van der Waals surface area (Å²) in [5.41, 5.74) is 0. The van der Waals surface area contributed by atoms with Gasteiger partial charge < -0.3 is 5.32 Å². The Labute approximate surface area is 89.9 Å². The highest BCUT2D eigenvalue weighted by Gasteiger charge is 2.08. The van der Waals surface area contributed by atoms with Crippen LogP contribution in [-0.2, 0) is 9.59 Å². The molecule has 0 fully saturated rings. The maximum absolute atomic E-state index is 11.2. The third kappa shape index (κ3) is 3.66. The van der Waals surface area contributed by atoms with Crippen molar-refractivity contribution in [3.63, 3.8) is 0 Å². The number of hydrogen-bond donors (Lipinski definition) is 1. The molecule has 0 atom stereocenters. The van der Waals surface area contributed by atoms with Gasteiger partial charge in [-0.3, -0.25) is 9.59 Å². The van der Waals surface area contributed by atoms with Crippen LogP contribution in [0.5, 0.6) is 0 Å². The molecule has 4 nitrogen and oxygen atoms in total. The monoisotopic (exact) mass is 256 g/mol. The molecular weight excluding hydrogens is 248 g/mol. The van der Waals surface area contributed by atoms with Gasteiger partial charge in [-0.2, -0.15) is 0 Å². The summed E-state index contributed by atoms with van der Waals surface area (Å²) in [5.74, 6) is -0.0357. The SMILES string of the molecule is O=C(CBr)CC(=O)Nc1ccccn1. The van der Waals surface area contributed by atoms with Gasteiger partial charge >= 0.3 is 0 Å². The van der Waals surface area contributed by atoms with Crippen LogP contribution in [0.4, 0.5) is 5.82 Å². The van der Waals surface area contributed by atoms with Crippen molar-refractivity contribution in [1.29, 1.82) is 0 Å². The van der Waals surface area contributed by atoms with Gasteiger partial charge in [-0.15, -0.1) is 0 Å². The molecule has 0 aliphatic carbocycles. The molecule has 0 aliphatic rings. The van der Waals surface area contributed by atoms with Crippen molar-refractivity contribution in [3.05, 3.63) is 24.4 Å². The first-order valence-electron chi connectivity index (χ1n) is 4.01. The Hall–Kier alpha value is -1.23. The van der Waals surface area contributed by atoms with E-state index < -0.39 is 0 Å².